The van der Waals surface area contributed by atoms with Crippen molar-refractivity contribution in [1.29, 1.82) is 0 Å². The minimum atomic E-state index is -3.03. The summed E-state index contributed by atoms with van der Waals surface area (Å²) in [6.07, 6.45) is 0. The van der Waals surface area contributed by atoms with Crippen LogP contribution < -0.4 is 9.47 Å². The predicted molar refractivity (Wildman–Crippen MR) is 113 cm³/mol. The summed E-state index contributed by atoms with van der Waals surface area (Å²) in [5, 5.41) is 0. The van der Waals surface area contributed by atoms with Crippen molar-refractivity contribution >= 4 is 15.7 Å². The van der Waals surface area contributed by atoms with Crippen LogP contribution >= 0.6 is 0 Å². The molecule has 2 aliphatic rings. The minimum absolute atomic E-state index is 0.0598. The number of carbonyl (C=O) groups is 1. The number of amides is 1. The Balaban J connectivity index is 1.53. The Bertz CT molecular complexity index is 995. The van der Waals surface area contributed by atoms with E-state index in [9.17, 15) is 13.2 Å². The highest BCUT2D eigenvalue weighted by Crippen LogP contribution is 2.31. The van der Waals surface area contributed by atoms with E-state index in [0.29, 0.717) is 38.6 Å². The average Bonchev–Trinajstić information content (AvgIpc) is 2.75. The summed E-state index contributed by atoms with van der Waals surface area (Å²) in [4.78, 5) is 17.1. The van der Waals surface area contributed by atoms with Crippen LogP contribution in [0.15, 0.2) is 48.5 Å². The Kier molecular flexibility index (Phi) is 5.97. The second-order valence-corrected chi connectivity index (χ2v) is 9.98. The Morgan fingerprint density at radius 3 is 2.40 bits per heavy atom. The highest BCUT2D eigenvalue weighted by molar-refractivity contribution is 7.91. The maximum Gasteiger partial charge on any atom is 0.244 e. The van der Waals surface area contributed by atoms with E-state index in [1.54, 1.807) is 11.9 Å². The summed E-state index contributed by atoms with van der Waals surface area (Å²) in [7, 11) is -1.25. The van der Waals surface area contributed by atoms with Gasteiger partial charge >= 0.3 is 0 Å². The van der Waals surface area contributed by atoms with Crippen molar-refractivity contribution in [2.45, 2.75) is 12.6 Å². The average molecular weight is 431 g/mol. The predicted octanol–water partition coefficient (Wildman–Crippen LogP) is 1.89. The van der Waals surface area contributed by atoms with Crippen molar-refractivity contribution in [1.82, 2.24) is 9.80 Å². The van der Waals surface area contributed by atoms with Crippen LogP contribution in [0, 0.1) is 0 Å². The van der Waals surface area contributed by atoms with Gasteiger partial charge in [0.05, 0.1) is 11.5 Å². The van der Waals surface area contributed by atoms with E-state index < -0.39 is 15.9 Å². The maximum atomic E-state index is 13.5. The molecule has 2 aliphatic heterocycles. The largest absolute Gasteiger partial charge is 0.486 e. The molecule has 0 aromatic heterocycles. The van der Waals surface area contributed by atoms with Gasteiger partial charge in [0.1, 0.15) is 19.3 Å². The molecule has 2 aromatic rings. The molecule has 0 N–H and O–H groups in total. The molecule has 1 amide bonds. The van der Waals surface area contributed by atoms with Crippen molar-refractivity contribution < 1.29 is 22.7 Å². The summed E-state index contributed by atoms with van der Waals surface area (Å²) in [5.74, 6) is 1.51. The lowest BCUT2D eigenvalue weighted by Crippen LogP contribution is -2.47. The third-order valence-electron chi connectivity index (χ3n) is 5.50. The lowest BCUT2D eigenvalue weighted by Gasteiger charge is -2.36. The van der Waals surface area contributed by atoms with E-state index >= 15 is 0 Å². The van der Waals surface area contributed by atoms with E-state index in [0.717, 1.165) is 16.9 Å². The quantitative estimate of drug-likeness (QED) is 0.721. The summed E-state index contributed by atoms with van der Waals surface area (Å²) in [6, 6.07) is 14.7. The van der Waals surface area contributed by atoms with Crippen LogP contribution in [0.2, 0.25) is 0 Å². The molecule has 8 heteroatoms. The van der Waals surface area contributed by atoms with E-state index in [4.69, 9.17) is 9.47 Å². The number of nitrogens with zero attached hydrogens (tertiary/aromatic N) is 2. The van der Waals surface area contributed by atoms with Crippen molar-refractivity contribution in [3.05, 3.63) is 59.7 Å². The molecule has 2 aromatic carbocycles. The zero-order valence-corrected chi connectivity index (χ0v) is 17.8. The van der Waals surface area contributed by atoms with Gasteiger partial charge in [-0.15, -0.1) is 0 Å². The Hall–Kier alpha value is -2.58. The molecule has 1 fully saturated rings. The van der Waals surface area contributed by atoms with Crippen LogP contribution in [-0.2, 0) is 21.2 Å². The molecule has 1 unspecified atom stereocenters. The minimum Gasteiger partial charge on any atom is -0.486 e. The van der Waals surface area contributed by atoms with Crippen molar-refractivity contribution in [2.24, 2.45) is 0 Å². The van der Waals surface area contributed by atoms with E-state index in [-0.39, 0.29) is 17.4 Å². The number of likely N-dealkylation sites (N-methyl/N-ethyl adjacent to an activating group) is 1. The Morgan fingerprint density at radius 2 is 1.70 bits per heavy atom. The third kappa shape index (κ3) is 4.60. The maximum absolute atomic E-state index is 13.5. The number of fused-ring (bicyclic) bond motifs is 1. The molecular formula is C22H26N2O5S. The number of hydrogen-bond acceptors (Lipinski definition) is 6. The number of ether oxygens (including phenoxy) is 2. The van der Waals surface area contributed by atoms with Gasteiger partial charge in [0.25, 0.3) is 0 Å². The van der Waals surface area contributed by atoms with E-state index in [2.05, 4.69) is 0 Å². The first-order chi connectivity index (χ1) is 14.4. The van der Waals surface area contributed by atoms with E-state index in [1.165, 1.54) is 0 Å². The second kappa shape index (κ2) is 8.65. The van der Waals surface area contributed by atoms with Gasteiger partial charge in [-0.2, -0.15) is 0 Å². The standard InChI is InChI=1S/C22H26N2O5S/c1-23(16-17-7-8-19-20(15-17)29-12-11-28-19)22(25)21(18-5-3-2-4-6-18)24-9-13-30(26,27)14-10-24/h2-8,15,21H,9-14,16H2,1H3. The summed E-state index contributed by atoms with van der Waals surface area (Å²) in [6.45, 7) is 2.18. The molecule has 4 rings (SSSR count). The number of rotatable bonds is 5. The fourth-order valence-electron chi connectivity index (χ4n) is 3.88. The molecule has 2 heterocycles. The molecule has 7 nitrogen and oxygen atoms in total. The Morgan fingerprint density at radius 1 is 1.03 bits per heavy atom. The summed E-state index contributed by atoms with van der Waals surface area (Å²) >= 11 is 0. The third-order valence-corrected chi connectivity index (χ3v) is 7.11. The number of sulfone groups is 1. The van der Waals surface area contributed by atoms with Crippen LogP contribution in [0.25, 0.3) is 0 Å². The highest BCUT2D eigenvalue weighted by Gasteiger charge is 2.34. The van der Waals surface area contributed by atoms with Crippen LogP contribution in [0.4, 0.5) is 0 Å². The van der Waals surface area contributed by atoms with Gasteiger partial charge in [-0.25, -0.2) is 8.42 Å². The highest BCUT2D eigenvalue weighted by atomic mass is 32.2. The molecule has 0 saturated carbocycles. The van der Waals surface area contributed by atoms with Gasteiger partial charge in [-0.3, -0.25) is 9.69 Å². The van der Waals surface area contributed by atoms with Gasteiger partial charge in [0, 0.05) is 26.7 Å². The molecule has 0 spiro atoms. The SMILES string of the molecule is CN(Cc1ccc2c(c1)OCCO2)C(=O)C(c1ccccc1)N1CCS(=O)(=O)CC1. The van der Waals surface area contributed by atoms with Crippen molar-refractivity contribution in [3.63, 3.8) is 0 Å². The van der Waals surface area contributed by atoms with Gasteiger partial charge < -0.3 is 14.4 Å². The molecule has 0 radical (unpaired) electrons. The molecule has 1 atom stereocenters. The zero-order chi connectivity index (χ0) is 21.1. The topological polar surface area (TPSA) is 76.2 Å². The normalized spacial score (nSPS) is 19.1. The summed E-state index contributed by atoms with van der Waals surface area (Å²) in [5.41, 5.74) is 1.82. The first-order valence-electron chi connectivity index (χ1n) is 10.1. The van der Waals surface area contributed by atoms with Crippen LogP contribution in [0.3, 0.4) is 0 Å². The number of hydrogen-bond donors (Lipinski definition) is 0. The molecule has 0 bridgehead atoms. The molecule has 1 saturated heterocycles. The van der Waals surface area contributed by atoms with Gasteiger partial charge in [0.2, 0.25) is 5.91 Å². The second-order valence-electron chi connectivity index (χ2n) is 7.67. The lowest BCUT2D eigenvalue weighted by molar-refractivity contribution is -0.136. The van der Waals surface area contributed by atoms with Gasteiger partial charge in [-0.1, -0.05) is 36.4 Å². The zero-order valence-electron chi connectivity index (χ0n) is 17.0. The molecule has 160 valence electrons. The monoisotopic (exact) mass is 430 g/mol. The van der Waals surface area contributed by atoms with Crippen molar-refractivity contribution in [3.8, 4) is 11.5 Å². The van der Waals surface area contributed by atoms with Crippen molar-refractivity contribution in [2.75, 3.05) is 44.9 Å². The first-order valence-corrected chi connectivity index (χ1v) is 11.9. The van der Waals surface area contributed by atoms with E-state index in [1.807, 2.05) is 53.4 Å². The lowest BCUT2D eigenvalue weighted by atomic mass is 10.0. The summed E-state index contributed by atoms with van der Waals surface area (Å²) < 4.78 is 35.0. The van der Waals surface area contributed by atoms with Crippen LogP contribution in [0.1, 0.15) is 17.2 Å². The number of carbonyl (C=O) groups excluding carboxylic acids is 1. The van der Waals surface area contributed by atoms with Crippen LogP contribution in [-0.4, -0.2) is 69.0 Å². The number of benzene rings is 2. The fourth-order valence-corrected chi connectivity index (χ4v) is 5.11. The fraction of sp³-hybridized carbons (Fsp3) is 0.409. The smallest absolute Gasteiger partial charge is 0.244 e. The molecule has 30 heavy (non-hydrogen) atoms. The van der Waals surface area contributed by atoms with Gasteiger partial charge in [-0.05, 0) is 23.3 Å². The first kappa shape index (κ1) is 20.7. The Labute approximate surface area is 177 Å². The molecule has 0 aliphatic carbocycles. The van der Waals surface area contributed by atoms with Gasteiger partial charge in [0.15, 0.2) is 21.3 Å². The van der Waals surface area contributed by atoms with Crippen LogP contribution in [0.5, 0.6) is 11.5 Å². The molecular weight excluding hydrogens is 404 g/mol.